The Morgan fingerprint density at radius 3 is 2.56 bits per heavy atom. The lowest BCUT2D eigenvalue weighted by atomic mass is 10.1. The fourth-order valence-electron chi connectivity index (χ4n) is 2.14. The first kappa shape index (κ1) is 12.5. The first-order chi connectivity index (χ1) is 8.75. The largest absolute Gasteiger partial charge is 0.347 e. The molecule has 1 saturated carbocycles. The lowest BCUT2D eigenvalue weighted by Crippen LogP contribution is -2.36. The topological polar surface area (TPSA) is 71.1 Å². The van der Waals surface area contributed by atoms with Gasteiger partial charge >= 0.3 is 0 Å². The van der Waals surface area contributed by atoms with Crippen molar-refractivity contribution in [2.45, 2.75) is 25.7 Å². The number of hydrogen-bond acceptors (Lipinski definition) is 3. The van der Waals surface area contributed by atoms with Crippen molar-refractivity contribution in [1.29, 1.82) is 0 Å². The van der Waals surface area contributed by atoms with E-state index in [4.69, 9.17) is 0 Å². The van der Waals surface area contributed by atoms with Crippen molar-refractivity contribution in [3.8, 4) is 0 Å². The number of carbonyl (C=O) groups is 2. The zero-order chi connectivity index (χ0) is 12.8. The molecule has 1 heterocycles. The van der Waals surface area contributed by atoms with Crippen LogP contribution in [0.5, 0.6) is 0 Å². The van der Waals surface area contributed by atoms with E-state index in [2.05, 4.69) is 15.6 Å². The Bertz CT molecular complexity index is 414. The predicted octanol–water partition coefficient (Wildman–Crippen LogP) is 1.33. The number of hydrogen-bond donors (Lipinski definition) is 2. The molecule has 0 bridgehead atoms. The molecule has 1 aliphatic rings. The van der Waals surface area contributed by atoms with Crippen LogP contribution < -0.4 is 10.6 Å². The van der Waals surface area contributed by atoms with Crippen LogP contribution >= 0.6 is 0 Å². The van der Waals surface area contributed by atoms with Crippen LogP contribution in [0.25, 0.3) is 0 Å². The highest BCUT2D eigenvalue weighted by Gasteiger charge is 2.22. The van der Waals surface area contributed by atoms with E-state index < -0.39 is 0 Å². The van der Waals surface area contributed by atoms with Gasteiger partial charge in [0, 0.05) is 24.0 Å². The molecule has 2 amide bonds. The smallest absolute Gasteiger partial charge is 0.243 e. The van der Waals surface area contributed by atoms with E-state index >= 15 is 0 Å². The van der Waals surface area contributed by atoms with Crippen LogP contribution in [-0.2, 0) is 9.59 Å². The average Bonchev–Trinajstić information content (AvgIpc) is 2.91. The highest BCUT2D eigenvalue weighted by atomic mass is 16.2. The first-order valence-corrected chi connectivity index (χ1v) is 6.23. The number of carbonyl (C=O) groups excluding carboxylic acids is 2. The summed E-state index contributed by atoms with van der Waals surface area (Å²) in [6.45, 7) is 0.0255. The number of anilines is 1. The maximum absolute atomic E-state index is 11.7. The normalized spacial score (nSPS) is 15.3. The summed E-state index contributed by atoms with van der Waals surface area (Å²) in [5.74, 6) is -0.122. The molecule has 2 rings (SSSR count). The maximum atomic E-state index is 11.7. The first-order valence-electron chi connectivity index (χ1n) is 6.23. The van der Waals surface area contributed by atoms with Crippen LogP contribution in [0.4, 0.5) is 5.69 Å². The summed E-state index contributed by atoms with van der Waals surface area (Å²) >= 11 is 0. The second kappa shape index (κ2) is 6.14. The highest BCUT2D eigenvalue weighted by Crippen LogP contribution is 2.24. The third kappa shape index (κ3) is 3.55. The molecule has 0 aromatic carbocycles. The number of aromatic nitrogens is 1. The molecular formula is C13H17N3O2. The average molecular weight is 247 g/mol. The van der Waals surface area contributed by atoms with Gasteiger partial charge in [-0.3, -0.25) is 14.6 Å². The van der Waals surface area contributed by atoms with Gasteiger partial charge in [-0.2, -0.15) is 0 Å². The number of nitrogens with one attached hydrogen (secondary N) is 2. The van der Waals surface area contributed by atoms with Crippen LogP contribution in [0.15, 0.2) is 24.5 Å². The summed E-state index contributed by atoms with van der Waals surface area (Å²) in [7, 11) is 0. The summed E-state index contributed by atoms with van der Waals surface area (Å²) < 4.78 is 0. The van der Waals surface area contributed by atoms with Gasteiger partial charge in [0.05, 0.1) is 6.54 Å². The van der Waals surface area contributed by atoms with Gasteiger partial charge in [-0.05, 0) is 25.0 Å². The molecule has 1 aromatic rings. The van der Waals surface area contributed by atoms with Crippen LogP contribution in [0.3, 0.4) is 0 Å². The maximum Gasteiger partial charge on any atom is 0.243 e. The Morgan fingerprint density at radius 1 is 1.22 bits per heavy atom. The van der Waals surface area contributed by atoms with Crippen molar-refractivity contribution in [3.63, 3.8) is 0 Å². The lowest BCUT2D eigenvalue weighted by Gasteiger charge is -2.10. The van der Waals surface area contributed by atoms with Gasteiger partial charge in [0.15, 0.2) is 0 Å². The van der Waals surface area contributed by atoms with Gasteiger partial charge in [0.1, 0.15) is 0 Å². The van der Waals surface area contributed by atoms with E-state index in [0.29, 0.717) is 5.69 Å². The Kier molecular flexibility index (Phi) is 4.28. The van der Waals surface area contributed by atoms with Crippen molar-refractivity contribution in [2.75, 3.05) is 11.9 Å². The molecule has 5 nitrogen and oxygen atoms in total. The van der Waals surface area contributed by atoms with Gasteiger partial charge in [0.2, 0.25) is 11.8 Å². The summed E-state index contributed by atoms with van der Waals surface area (Å²) in [5, 5.41) is 5.37. The standard InChI is InChI=1S/C13H17N3O2/c17-12(16-11-5-7-14-8-6-11)9-15-13(18)10-3-1-2-4-10/h5-8,10H,1-4,9H2,(H,15,18)(H,14,16,17). The summed E-state index contributed by atoms with van der Waals surface area (Å²) in [5.41, 5.74) is 0.685. The Hall–Kier alpha value is -1.91. The minimum Gasteiger partial charge on any atom is -0.347 e. The lowest BCUT2D eigenvalue weighted by molar-refractivity contribution is -0.127. The van der Waals surface area contributed by atoms with E-state index in [1.54, 1.807) is 24.5 Å². The van der Waals surface area contributed by atoms with Gasteiger partial charge in [-0.1, -0.05) is 12.8 Å². The minimum atomic E-state index is -0.215. The molecular weight excluding hydrogens is 230 g/mol. The fourth-order valence-corrected chi connectivity index (χ4v) is 2.14. The van der Waals surface area contributed by atoms with Gasteiger partial charge in [-0.25, -0.2) is 0 Å². The van der Waals surface area contributed by atoms with E-state index in [9.17, 15) is 9.59 Å². The zero-order valence-electron chi connectivity index (χ0n) is 10.2. The van der Waals surface area contributed by atoms with Gasteiger partial charge < -0.3 is 10.6 Å². The molecule has 2 N–H and O–H groups in total. The highest BCUT2D eigenvalue weighted by molar-refractivity contribution is 5.94. The Morgan fingerprint density at radius 2 is 1.89 bits per heavy atom. The third-order valence-electron chi connectivity index (χ3n) is 3.11. The molecule has 0 radical (unpaired) electrons. The summed E-state index contributed by atoms with van der Waals surface area (Å²) in [4.78, 5) is 27.1. The van der Waals surface area contributed by atoms with E-state index in [0.717, 1.165) is 25.7 Å². The fraction of sp³-hybridized carbons (Fsp3) is 0.462. The molecule has 1 fully saturated rings. The van der Waals surface area contributed by atoms with E-state index in [1.807, 2.05) is 0 Å². The van der Waals surface area contributed by atoms with Gasteiger partial charge in [0.25, 0.3) is 0 Å². The molecule has 0 saturated heterocycles. The van der Waals surface area contributed by atoms with Crippen LogP contribution in [0.1, 0.15) is 25.7 Å². The van der Waals surface area contributed by atoms with E-state index in [1.165, 1.54) is 0 Å². The summed E-state index contributed by atoms with van der Waals surface area (Å²) in [6.07, 6.45) is 7.32. The molecule has 0 unspecified atom stereocenters. The molecule has 0 atom stereocenters. The number of pyridine rings is 1. The Balaban J connectivity index is 1.73. The Labute approximate surface area is 106 Å². The number of nitrogens with zero attached hydrogens (tertiary/aromatic N) is 1. The third-order valence-corrected chi connectivity index (χ3v) is 3.11. The van der Waals surface area contributed by atoms with Crippen molar-refractivity contribution < 1.29 is 9.59 Å². The minimum absolute atomic E-state index is 0.00243. The van der Waals surface area contributed by atoms with E-state index in [-0.39, 0.29) is 24.3 Å². The SMILES string of the molecule is O=C(CNC(=O)C1CCCC1)Nc1ccncc1. The number of amides is 2. The van der Waals surface area contributed by atoms with Crippen molar-refractivity contribution in [1.82, 2.24) is 10.3 Å². The van der Waals surface area contributed by atoms with Crippen LogP contribution in [0, 0.1) is 5.92 Å². The monoisotopic (exact) mass is 247 g/mol. The second-order valence-electron chi connectivity index (χ2n) is 4.48. The van der Waals surface area contributed by atoms with Crippen LogP contribution in [0.2, 0.25) is 0 Å². The molecule has 1 aliphatic carbocycles. The molecule has 5 heteroatoms. The van der Waals surface area contributed by atoms with Crippen molar-refractivity contribution >= 4 is 17.5 Å². The van der Waals surface area contributed by atoms with Crippen molar-refractivity contribution in [2.24, 2.45) is 5.92 Å². The molecule has 1 aromatic heterocycles. The molecule has 0 spiro atoms. The quantitative estimate of drug-likeness (QED) is 0.843. The molecule has 0 aliphatic heterocycles. The predicted molar refractivity (Wildman–Crippen MR) is 67.8 cm³/mol. The summed E-state index contributed by atoms with van der Waals surface area (Å²) in [6, 6.07) is 3.41. The molecule has 18 heavy (non-hydrogen) atoms. The number of rotatable bonds is 4. The van der Waals surface area contributed by atoms with Crippen molar-refractivity contribution in [3.05, 3.63) is 24.5 Å². The van der Waals surface area contributed by atoms with Gasteiger partial charge in [-0.15, -0.1) is 0 Å². The van der Waals surface area contributed by atoms with Crippen LogP contribution in [-0.4, -0.2) is 23.3 Å². The second-order valence-corrected chi connectivity index (χ2v) is 4.48. The molecule has 96 valence electrons. The zero-order valence-corrected chi connectivity index (χ0v) is 10.2.